The summed E-state index contributed by atoms with van der Waals surface area (Å²) in [6, 6.07) is 16.8. The van der Waals surface area contributed by atoms with Gasteiger partial charge in [0.2, 0.25) is 5.75 Å². The summed E-state index contributed by atoms with van der Waals surface area (Å²) >= 11 is 3.33. The molecule has 0 unspecified atom stereocenters. The van der Waals surface area contributed by atoms with E-state index in [1.807, 2.05) is 6.07 Å². The second-order valence-electron chi connectivity index (χ2n) is 6.55. The van der Waals surface area contributed by atoms with E-state index in [1.165, 1.54) is 27.4 Å². The fraction of sp³-hybridized carbons (Fsp3) is 0.120. The number of ketones is 1. The van der Waals surface area contributed by atoms with E-state index < -0.39 is 5.97 Å². The number of carbonyl (C=O) groups excluding carboxylic acids is 2. The Kier molecular flexibility index (Phi) is 7.68. The van der Waals surface area contributed by atoms with Gasteiger partial charge in [0, 0.05) is 10.0 Å². The van der Waals surface area contributed by atoms with Crippen molar-refractivity contribution < 1.29 is 28.5 Å². The molecule has 7 heteroatoms. The molecular weight excluding hydrogens is 476 g/mol. The molecule has 0 heterocycles. The summed E-state index contributed by atoms with van der Waals surface area (Å²) in [4.78, 5) is 24.9. The van der Waals surface area contributed by atoms with Crippen LogP contribution in [0.2, 0.25) is 0 Å². The first kappa shape index (κ1) is 23.1. The lowest BCUT2D eigenvalue weighted by atomic mass is 10.1. The van der Waals surface area contributed by atoms with Crippen molar-refractivity contribution in [2.45, 2.75) is 0 Å². The number of benzene rings is 3. The van der Waals surface area contributed by atoms with Crippen molar-refractivity contribution in [1.82, 2.24) is 0 Å². The third kappa shape index (κ3) is 5.36. The standard InChI is InChI=1S/C25H21BrO6/c1-29-22-14-16(15-23(30-2)24(22)31-3)8-13-21(27)17-9-11-18(12-10-17)32-25(28)19-6-4-5-7-20(19)26/h4-15H,1-3H3/b13-8+. The third-order valence-electron chi connectivity index (χ3n) is 4.56. The van der Waals surface area contributed by atoms with Gasteiger partial charge in [-0.2, -0.15) is 0 Å². The first-order valence-corrected chi connectivity index (χ1v) is 10.3. The van der Waals surface area contributed by atoms with Gasteiger partial charge in [-0.25, -0.2) is 4.79 Å². The Labute approximate surface area is 194 Å². The van der Waals surface area contributed by atoms with E-state index in [2.05, 4.69) is 15.9 Å². The highest BCUT2D eigenvalue weighted by Gasteiger charge is 2.14. The van der Waals surface area contributed by atoms with Crippen molar-refractivity contribution in [3.05, 3.63) is 87.9 Å². The lowest BCUT2D eigenvalue weighted by Crippen LogP contribution is -2.09. The molecule has 3 rings (SSSR count). The molecular formula is C25H21BrO6. The maximum absolute atomic E-state index is 12.6. The molecule has 3 aromatic carbocycles. The lowest BCUT2D eigenvalue weighted by Gasteiger charge is -2.12. The number of methoxy groups -OCH3 is 3. The summed E-state index contributed by atoms with van der Waals surface area (Å²) in [5.41, 5.74) is 1.59. The summed E-state index contributed by atoms with van der Waals surface area (Å²) in [6.45, 7) is 0. The molecule has 32 heavy (non-hydrogen) atoms. The molecule has 0 bridgehead atoms. The topological polar surface area (TPSA) is 71.1 Å². The van der Waals surface area contributed by atoms with Crippen LogP contribution < -0.4 is 18.9 Å². The first-order chi connectivity index (χ1) is 15.5. The van der Waals surface area contributed by atoms with Crippen LogP contribution in [0.15, 0.2) is 71.2 Å². The van der Waals surface area contributed by atoms with Crippen LogP contribution in [0.3, 0.4) is 0 Å². The Bertz CT molecular complexity index is 1130. The van der Waals surface area contributed by atoms with Crippen LogP contribution in [0, 0.1) is 0 Å². The fourth-order valence-corrected chi connectivity index (χ4v) is 3.39. The predicted octanol–water partition coefficient (Wildman–Crippen LogP) is 5.59. The fourth-order valence-electron chi connectivity index (χ4n) is 2.94. The van der Waals surface area contributed by atoms with E-state index in [1.54, 1.807) is 60.7 Å². The Morgan fingerprint density at radius 2 is 1.47 bits per heavy atom. The number of ether oxygens (including phenoxy) is 4. The molecule has 0 amide bonds. The van der Waals surface area contributed by atoms with Crippen molar-refractivity contribution in [2.24, 2.45) is 0 Å². The molecule has 0 saturated carbocycles. The molecule has 0 fully saturated rings. The Morgan fingerprint density at radius 3 is 2.03 bits per heavy atom. The minimum atomic E-state index is -0.487. The summed E-state index contributed by atoms with van der Waals surface area (Å²) in [5, 5.41) is 0. The molecule has 3 aromatic rings. The van der Waals surface area contributed by atoms with Crippen LogP contribution in [0.1, 0.15) is 26.3 Å². The van der Waals surface area contributed by atoms with Gasteiger partial charge in [0.1, 0.15) is 5.75 Å². The number of hydrogen-bond donors (Lipinski definition) is 0. The van der Waals surface area contributed by atoms with E-state index in [0.29, 0.717) is 44.2 Å². The van der Waals surface area contributed by atoms with Gasteiger partial charge in [-0.3, -0.25) is 4.79 Å². The van der Waals surface area contributed by atoms with E-state index >= 15 is 0 Å². The monoisotopic (exact) mass is 496 g/mol. The van der Waals surface area contributed by atoms with Crippen LogP contribution in [0.25, 0.3) is 6.08 Å². The number of rotatable bonds is 8. The average molecular weight is 497 g/mol. The summed E-state index contributed by atoms with van der Waals surface area (Å²) in [5.74, 6) is 1.12. The highest BCUT2D eigenvalue weighted by Crippen LogP contribution is 2.38. The van der Waals surface area contributed by atoms with Crippen LogP contribution in [-0.4, -0.2) is 33.1 Å². The van der Waals surface area contributed by atoms with Gasteiger partial charge in [0.05, 0.1) is 26.9 Å². The van der Waals surface area contributed by atoms with Crippen molar-refractivity contribution in [3.8, 4) is 23.0 Å². The number of allylic oxidation sites excluding steroid dienone is 1. The quantitative estimate of drug-likeness (QED) is 0.175. The average Bonchev–Trinajstić information content (AvgIpc) is 2.82. The van der Waals surface area contributed by atoms with Crippen molar-refractivity contribution in [3.63, 3.8) is 0 Å². The molecule has 0 saturated heterocycles. The highest BCUT2D eigenvalue weighted by atomic mass is 79.9. The zero-order valence-corrected chi connectivity index (χ0v) is 19.3. The molecule has 0 radical (unpaired) electrons. The van der Waals surface area contributed by atoms with Crippen molar-refractivity contribution >= 4 is 33.8 Å². The minimum Gasteiger partial charge on any atom is -0.493 e. The van der Waals surface area contributed by atoms with Gasteiger partial charge in [0.25, 0.3) is 0 Å². The summed E-state index contributed by atoms with van der Waals surface area (Å²) in [6.07, 6.45) is 3.11. The zero-order chi connectivity index (χ0) is 23.1. The van der Waals surface area contributed by atoms with Crippen LogP contribution in [-0.2, 0) is 0 Å². The highest BCUT2D eigenvalue weighted by molar-refractivity contribution is 9.10. The Morgan fingerprint density at radius 1 is 0.844 bits per heavy atom. The van der Waals surface area contributed by atoms with Gasteiger partial charge >= 0.3 is 5.97 Å². The maximum Gasteiger partial charge on any atom is 0.344 e. The molecule has 0 N–H and O–H groups in total. The normalized spacial score (nSPS) is 10.6. The molecule has 0 aliphatic rings. The van der Waals surface area contributed by atoms with E-state index in [-0.39, 0.29) is 5.78 Å². The van der Waals surface area contributed by atoms with Crippen molar-refractivity contribution in [2.75, 3.05) is 21.3 Å². The number of hydrogen-bond acceptors (Lipinski definition) is 6. The van der Waals surface area contributed by atoms with Gasteiger partial charge in [-0.05, 0) is 76.1 Å². The molecule has 0 aliphatic carbocycles. The van der Waals surface area contributed by atoms with E-state index in [9.17, 15) is 9.59 Å². The zero-order valence-electron chi connectivity index (χ0n) is 17.8. The summed E-state index contributed by atoms with van der Waals surface area (Å²) in [7, 11) is 4.58. The third-order valence-corrected chi connectivity index (χ3v) is 5.25. The maximum atomic E-state index is 12.6. The predicted molar refractivity (Wildman–Crippen MR) is 125 cm³/mol. The Balaban J connectivity index is 1.72. The van der Waals surface area contributed by atoms with Gasteiger partial charge in [0.15, 0.2) is 17.3 Å². The SMILES string of the molecule is COc1cc(/C=C/C(=O)c2ccc(OC(=O)c3ccccc3Br)cc2)cc(OC)c1OC. The number of halogens is 1. The van der Waals surface area contributed by atoms with E-state index in [0.717, 1.165) is 0 Å². The summed E-state index contributed by atoms with van der Waals surface area (Å²) < 4.78 is 22.0. The number of carbonyl (C=O) groups is 2. The lowest BCUT2D eigenvalue weighted by molar-refractivity contribution is 0.0733. The second kappa shape index (κ2) is 10.6. The van der Waals surface area contributed by atoms with Crippen molar-refractivity contribution in [1.29, 1.82) is 0 Å². The molecule has 0 atom stereocenters. The molecule has 0 spiro atoms. The van der Waals surface area contributed by atoms with Crippen LogP contribution in [0.5, 0.6) is 23.0 Å². The Hall–Kier alpha value is -3.58. The largest absolute Gasteiger partial charge is 0.493 e. The smallest absolute Gasteiger partial charge is 0.344 e. The van der Waals surface area contributed by atoms with Gasteiger partial charge in [-0.1, -0.05) is 18.2 Å². The molecule has 6 nitrogen and oxygen atoms in total. The van der Waals surface area contributed by atoms with Gasteiger partial charge < -0.3 is 18.9 Å². The molecule has 164 valence electrons. The van der Waals surface area contributed by atoms with Gasteiger partial charge in [-0.15, -0.1) is 0 Å². The number of esters is 1. The van der Waals surface area contributed by atoms with Crippen LogP contribution >= 0.6 is 15.9 Å². The second-order valence-corrected chi connectivity index (χ2v) is 7.40. The molecule has 0 aliphatic heterocycles. The van der Waals surface area contributed by atoms with Crippen LogP contribution in [0.4, 0.5) is 0 Å². The van der Waals surface area contributed by atoms with E-state index in [4.69, 9.17) is 18.9 Å². The minimum absolute atomic E-state index is 0.206. The molecule has 0 aromatic heterocycles. The first-order valence-electron chi connectivity index (χ1n) is 9.56.